The van der Waals surface area contributed by atoms with Crippen molar-refractivity contribution in [3.63, 3.8) is 0 Å². The standard InChI is InChI=1S/C22H27N5O2/c1-26-13-10-23-20(26)16-27-11-8-18-19(9-12-27)24-21(17-6-4-3-5-7-17)25-22(18)29-15-14-28-2/h3-7,10,13H,8-9,11-12,14-16H2,1-2H3. The number of hydrogen-bond acceptors (Lipinski definition) is 6. The van der Waals surface area contributed by atoms with Crippen LogP contribution in [0.1, 0.15) is 17.1 Å². The summed E-state index contributed by atoms with van der Waals surface area (Å²) in [5, 5.41) is 0. The fourth-order valence-corrected chi connectivity index (χ4v) is 3.58. The summed E-state index contributed by atoms with van der Waals surface area (Å²) in [6.07, 6.45) is 5.56. The van der Waals surface area contributed by atoms with Crippen LogP contribution in [0.5, 0.6) is 5.88 Å². The number of hydrogen-bond donors (Lipinski definition) is 0. The van der Waals surface area contributed by atoms with Gasteiger partial charge in [-0.2, -0.15) is 4.98 Å². The molecule has 0 saturated carbocycles. The van der Waals surface area contributed by atoms with Crippen LogP contribution in [0.25, 0.3) is 11.4 Å². The molecule has 152 valence electrons. The van der Waals surface area contributed by atoms with Crippen LogP contribution in [-0.2, 0) is 31.2 Å². The molecule has 0 saturated heterocycles. The molecule has 1 aliphatic heterocycles. The summed E-state index contributed by atoms with van der Waals surface area (Å²) < 4.78 is 13.2. The highest BCUT2D eigenvalue weighted by atomic mass is 16.5. The molecule has 0 fully saturated rings. The van der Waals surface area contributed by atoms with Crippen LogP contribution >= 0.6 is 0 Å². The molecule has 3 aromatic rings. The quantitative estimate of drug-likeness (QED) is 0.575. The van der Waals surface area contributed by atoms with E-state index in [0.29, 0.717) is 24.9 Å². The van der Waals surface area contributed by atoms with Gasteiger partial charge in [-0.15, -0.1) is 0 Å². The number of imidazole rings is 1. The minimum absolute atomic E-state index is 0.477. The monoisotopic (exact) mass is 393 g/mol. The zero-order chi connectivity index (χ0) is 20.1. The first-order valence-corrected chi connectivity index (χ1v) is 10.00. The van der Waals surface area contributed by atoms with Crippen LogP contribution in [0.15, 0.2) is 42.7 Å². The van der Waals surface area contributed by atoms with Crippen molar-refractivity contribution in [3.05, 3.63) is 59.8 Å². The Morgan fingerprint density at radius 1 is 1.03 bits per heavy atom. The van der Waals surface area contributed by atoms with Gasteiger partial charge in [-0.3, -0.25) is 4.90 Å². The van der Waals surface area contributed by atoms with E-state index in [2.05, 4.69) is 14.5 Å². The number of benzene rings is 1. The molecular formula is C22H27N5O2. The second kappa shape index (κ2) is 9.15. The predicted octanol–water partition coefficient (Wildman–Crippen LogP) is 2.50. The van der Waals surface area contributed by atoms with Gasteiger partial charge in [-0.05, 0) is 6.42 Å². The van der Waals surface area contributed by atoms with E-state index in [1.807, 2.05) is 49.8 Å². The summed E-state index contributed by atoms with van der Waals surface area (Å²) in [6, 6.07) is 10.1. The maximum Gasteiger partial charge on any atom is 0.220 e. The number of nitrogens with zero attached hydrogens (tertiary/aromatic N) is 5. The molecule has 0 atom stereocenters. The third-order valence-electron chi connectivity index (χ3n) is 5.24. The van der Waals surface area contributed by atoms with Crippen molar-refractivity contribution in [2.24, 2.45) is 7.05 Å². The minimum Gasteiger partial charge on any atom is -0.475 e. The van der Waals surface area contributed by atoms with Crippen molar-refractivity contribution in [1.29, 1.82) is 0 Å². The molecule has 7 nitrogen and oxygen atoms in total. The van der Waals surface area contributed by atoms with Crippen molar-refractivity contribution in [1.82, 2.24) is 24.4 Å². The lowest BCUT2D eigenvalue weighted by molar-refractivity contribution is 0.143. The average Bonchev–Trinajstić information content (AvgIpc) is 3.03. The summed E-state index contributed by atoms with van der Waals surface area (Å²) in [7, 11) is 3.71. The first-order valence-electron chi connectivity index (χ1n) is 10.00. The number of aromatic nitrogens is 4. The number of aryl methyl sites for hydroxylation is 1. The molecule has 0 bridgehead atoms. The molecule has 7 heteroatoms. The fraction of sp³-hybridized carbons (Fsp3) is 0.409. The van der Waals surface area contributed by atoms with Crippen LogP contribution in [0.2, 0.25) is 0 Å². The number of rotatable bonds is 7. The zero-order valence-corrected chi connectivity index (χ0v) is 17.0. The Bertz CT molecular complexity index is 942. The Morgan fingerprint density at radius 3 is 2.62 bits per heavy atom. The van der Waals surface area contributed by atoms with Gasteiger partial charge in [0, 0.05) is 57.2 Å². The van der Waals surface area contributed by atoms with Gasteiger partial charge in [0.25, 0.3) is 0 Å². The van der Waals surface area contributed by atoms with Crippen LogP contribution in [0.3, 0.4) is 0 Å². The first-order chi connectivity index (χ1) is 14.2. The fourth-order valence-electron chi connectivity index (χ4n) is 3.58. The summed E-state index contributed by atoms with van der Waals surface area (Å²) in [6.45, 7) is 3.70. The summed E-state index contributed by atoms with van der Waals surface area (Å²) >= 11 is 0. The topological polar surface area (TPSA) is 65.3 Å². The summed E-state index contributed by atoms with van der Waals surface area (Å²) in [5.74, 6) is 2.47. The van der Waals surface area contributed by atoms with Crippen molar-refractivity contribution in [2.75, 3.05) is 33.4 Å². The smallest absolute Gasteiger partial charge is 0.220 e. The van der Waals surface area contributed by atoms with Gasteiger partial charge in [0.1, 0.15) is 12.4 Å². The van der Waals surface area contributed by atoms with Crippen LogP contribution in [0, 0.1) is 0 Å². The van der Waals surface area contributed by atoms with E-state index in [4.69, 9.17) is 19.4 Å². The van der Waals surface area contributed by atoms with Gasteiger partial charge in [0.15, 0.2) is 5.82 Å². The van der Waals surface area contributed by atoms with E-state index in [-0.39, 0.29) is 0 Å². The highest BCUT2D eigenvalue weighted by Crippen LogP contribution is 2.27. The van der Waals surface area contributed by atoms with Gasteiger partial charge in [0.05, 0.1) is 18.8 Å². The summed E-state index contributed by atoms with van der Waals surface area (Å²) in [4.78, 5) is 16.6. The van der Waals surface area contributed by atoms with E-state index >= 15 is 0 Å². The lowest BCUT2D eigenvalue weighted by atomic mass is 10.1. The molecular weight excluding hydrogens is 366 g/mol. The number of fused-ring (bicyclic) bond motifs is 1. The highest BCUT2D eigenvalue weighted by Gasteiger charge is 2.22. The third kappa shape index (κ3) is 4.63. The Kier molecular flexibility index (Phi) is 6.17. The van der Waals surface area contributed by atoms with E-state index in [9.17, 15) is 0 Å². The lowest BCUT2D eigenvalue weighted by Gasteiger charge is -2.19. The zero-order valence-electron chi connectivity index (χ0n) is 17.0. The van der Waals surface area contributed by atoms with Gasteiger partial charge in [-0.1, -0.05) is 30.3 Å². The molecule has 1 aliphatic rings. The maximum atomic E-state index is 6.01. The average molecular weight is 393 g/mol. The molecule has 0 spiro atoms. The Hall–Kier alpha value is -2.77. The minimum atomic E-state index is 0.477. The van der Waals surface area contributed by atoms with Crippen molar-refractivity contribution >= 4 is 0 Å². The molecule has 4 rings (SSSR count). The maximum absolute atomic E-state index is 6.01. The molecule has 0 amide bonds. The molecule has 0 radical (unpaired) electrons. The van der Waals surface area contributed by atoms with Crippen LogP contribution < -0.4 is 4.74 Å². The summed E-state index contributed by atoms with van der Waals surface area (Å²) in [5.41, 5.74) is 3.19. The highest BCUT2D eigenvalue weighted by molar-refractivity contribution is 5.56. The van der Waals surface area contributed by atoms with E-state index in [1.165, 1.54) is 0 Å². The Labute approximate surface area is 171 Å². The Morgan fingerprint density at radius 2 is 1.86 bits per heavy atom. The predicted molar refractivity (Wildman–Crippen MR) is 111 cm³/mol. The third-order valence-corrected chi connectivity index (χ3v) is 5.24. The normalized spacial score (nSPS) is 14.4. The second-order valence-corrected chi connectivity index (χ2v) is 7.22. The molecule has 1 aromatic carbocycles. The van der Waals surface area contributed by atoms with Crippen molar-refractivity contribution in [3.8, 4) is 17.3 Å². The van der Waals surface area contributed by atoms with Gasteiger partial charge in [0.2, 0.25) is 5.88 Å². The van der Waals surface area contributed by atoms with E-state index in [1.54, 1.807) is 7.11 Å². The molecule has 0 unspecified atom stereocenters. The molecule has 0 N–H and O–H groups in total. The molecule has 2 aromatic heterocycles. The lowest BCUT2D eigenvalue weighted by Crippen LogP contribution is -2.27. The Balaban J connectivity index is 1.59. The van der Waals surface area contributed by atoms with Crippen molar-refractivity contribution in [2.45, 2.75) is 19.4 Å². The van der Waals surface area contributed by atoms with E-state index in [0.717, 1.165) is 55.1 Å². The largest absolute Gasteiger partial charge is 0.475 e. The number of methoxy groups -OCH3 is 1. The van der Waals surface area contributed by atoms with Crippen LogP contribution in [-0.4, -0.2) is 57.8 Å². The first kappa shape index (κ1) is 19.5. The number of ether oxygens (including phenoxy) is 2. The van der Waals surface area contributed by atoms with Gasteiger partial charge in [-0.25, -0.2) is 9.97 Å². The van der Waals surface area contributed by atoms with Crippen LogP contribution in [0.4, 0.5) is 0 Å². The van der Waals surface area contributed by atoms with Gasteiger partial charge >= 0.3 is 0 Å². The molecule has 3 heterocycles. The molecule has 29 heavy (non-hydrogen) atoms. The second-order valence-electron chi connectivity index (χ2n) is 7.22. The van der Waals surface area contributed by atoms with Crippen molar-refractivity contribution < 1.29 is 9.47 Å². The van der Waals surface area contributed by atoms with Gasteiger partial charge < -0.3 is 14.0 Å². The van der Waals surface area contributed by atoms with E-state index < -0.39 is 0 Å². The molecule has 0 aliphatic carbocycles. The SMILES string of the molecule is COCCOc1nc(-c2ccccc2)nc2c1CCN(Cc1nccn1C)CC2.